The molecule has 9 rings (SSSR count). The summed E-state index contributed by atoms with van der Waals surface area (Å²) in [6.45, 7) is 37.7. The van der Waals surface area contributed by atoms with Crippen molar-refractivity contribution in [2.75, 3.05) is 0 Å². The summed E-state index contributed by atoms with van der Waals surface area (Å²) in [7, 11) is 18.4. The van der Waals surface area contributed by atoms with Gasteiger partial charge >= 0.3 is 437 Å². The van der Waals surface area contributed by atoms with Crippen molar-refractivity contribution in [1.29, 1.82) is 0 Å². The summed E-state index contributed by atoms with van der Waals surface area (Å²) in [5, 5.41) is 2.97. The fourth-order valence-electron chi connectivity index (χ4n) is 12.8. The molecule has 0 fully saturated rings. The molecule has 365 valence electrons. The zero-order valence-electron chi connectivity index (χ0n) is 45.2. The first-order valence-electron chi connectivity index (χ1n) is 26.9. The molecule has 0 spiro atoms. The number of allylic oxidation sites excluding steroid dienone is 2. The summed E-state index contributed by atoms with van der Waals surface area (Å²) in [4.78, 5) is 0. The van der Waals surface area contributed by atoms with Crippen LogP contribution in [-0.4, -0.2) is 9.52 Å². The molecule has 6 aromatic carbocycles. The minimum atomic E-state index is -5.85. The second kappa shape index (κ2) is 19.1. The average Bonchev–Trinajstić information content (AvgIpc) is 4.03. The Kier molecular flexibility index (Phi) is 14.0. The Morgan fingerprint density at radius 1 is 0.414 bits per heavy atom. The Hall–Kier alpha value is -3.52. The molecule has 4 heteroatoms. The van der Waals surface area contributed by atoms with E-state index in [-0.39, 0.29) is 19.1 Å². The van der Waals surface area contributed by atoms with Crippen LogP contribution >= 0.6 is 17.0 Å². The molecule has 0 aromatic heterocycles. The average molecular weight is 1060 g/mol. The van der Waals surface area contributed by atoms with Gasteiger partial charge in [-0.05, 0) is 0 Å². The van der Waals surface area contributed by atoms with Gasteiger partial charge < -0.3 is 0 Å². The van der Waals surface area contributed by atoms with Crippen molar-refractivity contribution >= 4 is 52.3 Å². The van der Waals surface area contributed by atoms with Crippen LogP contribution in [0.1, 0.15) is 209 Å². The molecule has 0 bridgehead atoms. The van der Waals surface area contributed by atoms with Crippen molar-refractivity contribution in [3.8, 4) is 33.4 Å². The predicted octanol–water partition coefficient (Wildman–Crippen LogP) is 18.1. The Labute approximate surface area is 433 Å². The standard InChI is InChI=1S/2C27H35.C12H9Si.2ClH.Zr/c2*1-16(2)21-12-22(17(3)4)14-24(13-21)27-25(19(7)8)10-9-20-11-23(18(5)6)15-26(20)27;1-3-7-11-9(5-1)10-6-2-4-8-12(10)13-11;;;/h2*9-19H,1-8H3;1-7H,13H2;2*1H;/q;;;;;+2/p-2. The van der Waals surface area contributed by atoms with Crippen LogP contribution in [-0.2, 0) is 16.4 Å². The molecule has 0 radical (unpaired) electrons. The zero-order chi connectivity index (χ0) is 50.5. The predicted molar refractivity (Wildman–Crippen MR) is 310 cm³/mol. The Morgan fingerprint density at radius 2 is 0.814 bits per heavy atom. The molecule has 3 aliphatic rings. The van der Waals surface area contributed by atoms with E-state index in [0.717, 1.165) is 0 Å². The van der Waals surface area contributed by atoms with Crippen molar-refractivity contribution < 1.29 is 16.4 Å². The van der Waals surface area contributed by atoms with Gasteiger partial charge in [0, 0.05) is 0 Å². The molecule has 2 atom stereocenters. The SMILES string of the molecule is CC(C)C1=Cc2c(ccc(C(C)C)c2-c2cc(C(C)C)cc(C(C)C)c2)[CH]1[Zr]([Cl])([Cl])([c]1cccc2c1[SiH2]c1ccccc1-2)[CH]1C(C(C)C)=Cc2c1ccc(C(C)C)c2-c1cc(C(C)C)cc(C(C)C)c1. The Morgan fingerprint density at radius 3 is 1.20 bits per heavy atom. The number of hydrogen-bond acceptors (Lipinski definition) is 0. The van der Waals surface area contributed by atoms with Crippen LogP contribution in [0.15, 0.2) is 114 Å². The van der Waals surface area contributed by atoms with Gasteiger partial charge in [0.1, 0.15) is 0 Å². The molecule has 2 unspecified atom stereocenters. The van der Waals surface area contributed by atoms with E-state index in [1.165, 1.54) is 114 Å². The van der Waals surface area contributed by atoms with Crippen molar-refractivity contribution in [1.82, 2.24) is 0 Å². The van der Waals surface area contributed by atoms with E-state index in [2.05, 4.69) is 226 Å². The molecular weight excluding hydrogens is 983 g/mol. The normalized spacial score (nSPS) is 17.4. The minimum absolute atomic E-state index is 0.148. The van der Waals surface area contributed by atoms with E-state index < -0.39 is 25.9 Å². The van der Waals surface area contributed by atoms with Crippen LogP contribution in [0.25, 0.3) is 45.5 Å². The van der Waals surface area contributed by atoms with Gasteiger partial charge in [-0.3, -0.25) is 0 Å². The molecule has 1 aliphatic heterocycles. The molecule has 70 heavy (non-hydrogen) atoms. The van der Waals surface area contributed by atoms with Crippen LogP contribution in [0.3, 0.4) is 0 Å². The summed E-state index contributed by atoms with van der Waals surface area (Å²) >= 11 is -5.85. The van der Waals surface area contributed by atoms with Gasteiger partial charge in [-0.1, -0.05) is 0 Å². The van der Waals surface area contributed by atoms with Crippen LogP contribution in [0.5, 0.6) is 0 Å². The van der Waals surface area contributed by atoms with Gasteiger partial charge in [-0.15, -0.1) is 0 Å². The zero-order valence-corrected chi connectivity index (χ0v) is 50.6. The second-order valence-electron chi connectivity index (χ2n) is 24.1. The molecule has 2 aliphatic carbocycles. The van der Waals surface area contributed by atoms with Gasteiger partial charge in [0.25, 0.3) is 0 Å². The molecule has 1 heterocycles. The fourth-order valence-corrected chi connectivity index (χ4v) is 41.1. The van der Waals surface area contributed by atoms with Crippen molar-refractivity contribution in [3.63, 3.8) is 0 Å². The number of rotatable bonds is 13. The molecule has 6 aromatic rings. The van der Waals surface area contributed by atoms with Gasteiger partial charge in [-0.25, -0.2) is 0 Å². The van der Waals surface area contributed by atoms with Gasteiger partial charge in [0.05, 0.1) is 0 Å². The first-order valence-corrected chi connectivity index (χ1v) is 38.7. The molecule has 0 nitrogen and oxygen atoms in total. The Balaban J connectivity index is 1.42. The van der Waals surface area contributed by atoms with Crippen LogP contribution in [0.4, 0.5) is 0 Å². The summed E-state index contributed by atoms with van der Waals surface area (Å²) in [5.41, 5.74) is 24.6. The quantitative estimate of drug-likeness (QED) is 0.101. The third-order valence-corrected chi connectivity index (χ3v) is 39.3. The third-order valence-electron chi connectivity index (χ3n) is 16.7. The molecule has 0 N–H and O–H groups in total. The summed E-state index contributed by atoms with van der Waals surface area (Å²) in [5.74, 6) is 2.73. The summed E-state index contributed by atoms with van der Waals surface area (Å²) in [6.07, 6.45) is 5.20. The topological polar surface area (TPSA) is 0 Å². The monoisotopic (exact) mass is 1060 g/mol. The number of benzene rings is 6. The van der Waals surface area contributed by atoms with Gasteiger partial charge in [-0.2, -0.15) is 0 Å². The van der Waals surface area contributed by atoms with Crippen molar-refractivity contribution in [2.45, 2.75) is 154 Å². The number of fused-ring (bicyclic) bond motifs is 5. The Bertz CT molecular complexity index is 2890. The molecule has 0 saturated carbocycles. The van der Waals surface area contributed by atoms with E-state index in [1.54, 1.807) is 0 Å². The van der Waals surface area contributed by atoms with Crippen molar-refractivity contribution in [2.24, 2.45) is 11.8 Å². The van der Waals surface area contributed by atoms with Crippen LogP contribution < -0.4 is 13.6 Å². The van der Waals surface area contributed by atoms with Gasteiger partial charge in [0.15, 0.2) is 0 Å². The second-order valence-corrected chi connectivity index (χ2v) is 46.5. The maximum atomic E-state index is 9.68. The first-order chi connectivity index (χ1) is 33.0. The molecule has 0 saturated heterocycles. The summed E-state index contributed by atoms with van der Waals surface area (Å²) < 4.78 is 1.01. The fraction of sp³-hybridized carbons (Fsp3) is 0.394. The van der Waals surface area contributed by atoms with Crippen LogP contribution in [0.2, 0.25) is 0 Å². The number of hydrogen-bond donors (Lipinski definition) is 0. The van der Waals surface area contributed by atoms with E-state index >= 15 is 0 Å². The van der Waals surface area contributed by atoms with E-state index in [0.29, 0.717) is 35.5 Å². The van der Waals surface area contributed by atoms with Crippen LogP contribution in [0, 0.1) is 11.8 Å². The van der Waals surface area contributed by atoms with Gasteiger partial charge in [0.2, 0.25) is 0 Å². The first kappa shape index (κ1) is 51.4. The van der Waals surface area contributed by atoms with E-state index in [4.69, 9.17) is 0 Å². The molecular formula is C66H79Cl2SiZr. The van der Waals surface area contributed by atoms with E-state index in [9.17, 15) is 17.0 Å². The molecule has 0 amide bonds. The van der Waals surface area contributed by atoms with E-state index in [1.807, 2.05) is 0 Å². The maximum absolute atomic E-state index is 9.68. The van der Waals surface area contributed by atoms with Crippen molar-refractivity contribution in [3.05, 3.63) is 170 Å². The third kappa shape index (κ3) is 8.44. The number of halogens is 2. The summed E-state index contributed by atoms with van der Waals surface area (Å²) in [6, 6.07) is 41.0.